The van der Waals surface area contributed by atoms with Gasteiger partial charge in [0.25, 0.3) is 0 Å². The van der Waals surface area contributed by atoms with E-state index in [-0.39, 0.29) is 25.1 Å². The molecule has 0 heterocycles. The molecule has 3 rings (SSSR count). The Morgan fingerprint density at radius 2 is 1.90 bits per heavy atom. The third kappa shape index (κ3) is 7.92. The first kappa shape index (κ1) is 29.9. The molecule has 0 fully saturated rings. The largest absolute Gasteiger partial charge is 0.497 e. The van der Waals surface area contributed by atoms with Crippen LogP contribution in [0.4, 0.5) is 4.79 Å². The highest BCUT2D eigenvalue weighted by Gasteiger charge is 2.34. The molecule has 0 bridgehead atoms. The summed E-state index contributed by atoms with van der Waals surface area (Å²) in [5, 5.41) is 27.1. The summed E-state index contributed by atoms with van der Waals surface area (Å²) in [6, 6.07) is 13.7. The van der Waals surface area contributed by atoms with E-state index in [1.54, 1.807) is 13.2 Å². The highest BCUT2D eigenvalue weighted by molar-refractivity contribution is 5.85. The van der Waals surface area contributed by atoms with Crippen LogP contribution in [-0.4, -0.2) is 72.6 Å². The standard InChI is InChI=1S/C30H39N3O6/c1-5-10-26(33(3)30(36)37)29(35)32-25(16-20-11-8-7-9-12-20)27(34)19-31-24-18-28(39-15-6-2)22-14-13-21(38-4)17-23(22)24/h5-9,11-14,17,24-28,31,34H,1-2,10,15-16,18-19H2,3-4H3,(H,32,35)(H,36,37)/t24-,25?,26?,27?,28+/m0/s1. The van der Waals surface area contributed by atoms with Crippen LogP contribution >= 0.6 is 0 Å². The van der Waals surface area contributed by atoms with E-state index < -0.39 is 30.2 Å². The Morgan fingerprint density at radius 3 is 2.54 bits per heavy atom. The molecule has 210 valence electrons. The first-order chi connectivity index (χ1) is 18.8. The van der Waals surface area contributed by atoms with Crippen LogP contribution in [0.25, 0.3) is 0 Å². The van der Waals surface area contributed by atoms with Crippen LogP contribution in [0.1, 0.15) is 41.7 Å². The summed E-state index contributed by atoms with van der Waals surface area (Å²) in [6.45, 7) is 8.00. The molecule has 0 aromatic heterocycles. The van der Waals surface area contributed by atoms with E-state index in [1.165, 1.54) is 13.1 Å². The predicted octanol–water partition coefficient (Wildman–Crippen LogP) is 3.62. The third-order valence-electron chi connectivity index (χ3n) is 7.01. The lowest BCUT2D eigenvalue weighted by molar-refractivity contribution is -0.127. The maximum absolute atomic E-state index is 13.2. The Labute approximate surface area is 230 Å². The normalized spacial score (nSPS) is 18.3. The number of aliphatic hydroxyl groups is 1. The number of hydrogen-bond acceptors (Lipinski definition) is 6. The van der Waals surface area contributed by atoms with Gasteiger partial charge in [-0.05, 0) is 48.1 Å². The second-order valence-corrected chi connectivity index (χ2v) is 9.61. The lowest BCUT2D eigenvalue weighted by Crippen LogP contribution is -2.55. The van der Waals surface area contributed by atoms with Crippen LogP contribution in [0.3, 0.4) is 0 Å². The number of rotatable bonds is 15. The van der Waals surface area contributed by atoms with Crippen molar-refractivity contribution in [1.29, 1.82) is 0 Å². The first-order valence-electron chi connectivity index (χ1n) is 13.0. The predicted molar refractivity (Wildman–Crippen MR) is 150 cm³/mol. The highest BCUT2D eigenvalue weighted by atomic mass is 16.5. The number of nitrogens with one attached hydrogen (secondary N) is 2. The summed E-state index contributed by atoms with van der Waals surface area (Å²) in [5.41, 5.74) is 3.03. The maximum atomic E-state index is 13.2. The van der Waals surface area contributed by atoms with Gasteiger partial charge in [0, 0.05) is 19.6 Å². The molecule has 4 N–H and O–H groups in total. The minimum Gasteiger partial charge on any atom is -0.497 e. The molecule has 0 saturated heterocycles. The Kier molecular flexibility index (Phi) is 11.1. The maximum Gasteiger partial charge on any atom is 0.407 e. The van der Waals surface area contributed by atoms with Crippen molar-refractivity contribution in [1.82, 2.24) is 15.5 Å². The van der Waals surface area contributed by atoms with Crippen LogP contribution < -0.4 is 15.4 Å². The van der Waals surface area contributed by atoms with Crippen molar-refractivity contribution in [2.45, 2.75) is 49.6 Å². The van der Waals surface area contributed by atoms with Gasteiger partial charge in [-0.3, -0.25) is 9.69 Å². The SMILES string of the molecule is C=CCO[C@@H]1C[C@H](NCC(O)C(Cc2ccccc2)NC(=O)C(CC=C)N(C)C(=O)O)c2cc(OC)ccc21. The fourth-order valence-electron chi connectivity index (χ4n) is 4.85. The van der Waals surface area contributed by atoms with Gasteiger partial charge in [-0.2, -0.15) is 0 Å². The molecule has 9 heteroatoms. The lowest BCUT2D eigenvalue weighted by Gasteiger charge is -2.30. The van der Waals surface area contributed by atoms with E-state index in [9.17, 15) is 19.8 Å². The van der Waals surface area contributed by atoms with Gasteiger partial charge in [0.2, 0.25) is 5.91 Å². The van der Waals surface area contributed by atoms with E-state index in [1.807, 2.05) is 48.5 Å². The third-order valence-corrected chi connectivity index (χ3v) is 7.01. The van der Waals surface area contributed by atoms with Crippen LogP contribution in [0.2, 0.25) is 0 Å². The number of carboxylic acid groups (broad SMARTS) is 1. The zero-order valence-corrected chi connectivity index (χ0v) is 22.6. The molecule has 0 saturated carbocycles. The molecule has 1 aliphatic rings. The zero-order chi connectivity index (χ0) is 28.4. The average molecular weight is 538 g/mol. The van der Waals surface area contributed by atoms with Crippen molar-refractivity contribution in [3.05, 3.63) is 90.5 Å². The molecule has 5 atom stereocenters. The molecule has 0 radical (unpaired) electrons. The number of hydrogen-bond donors (Lipinski definition) is 4. The number of benzene rings is 2. The molecule has 9 nitrogen and oxygen atoms in total. The summed E-state index contributed by atoms with van der Waals surface area (Å²) >= 11 is 0. The molecule has 2 aromatic rings. The highest BCUT2D eigenvalue weighted by Crippen LogP contribution is 2.42. The number of carbonyl (C=O) groups excluding carboxylic acids is 1. The number of carbonyl (C=O) groups is 2. The zero-order valence-electron chi connectivity index (χ0n) is 22.6. The molecule has 2 aromatic carbocycles. The molecule has 2 amide bonds. The second-order valence-electron chi connectivity index (χ2n) is 9.61. The molecule has 1 aliphatic carbocycles. The molecule has 0 spiro atoms. The van der Waals surface area contributed by atoms with E-state index in [0.29, 0.717) is 19.4 Å². The van der Waals surface area contributed by atoms with Gasteiger partial charge in [0.05, 0.1) is 32.0 Å². The summed E-state index contributed by atoms with van der Waals surface area (Å²) in [7, 11) is 2.96. The topological polar surface area (TPSA) is 120 Å². The van der Waals surface area contributed by atoms with Gasteiger partial charge < -0.3 is 30.3 Å². The van der Waals surface area contributed by atoms with Crippen LogP contribution in [-0.2, 0) is 16.0 Å². The Bertz CT molecular complexity index is 1120. The number of methoxy groups -OCH3 is 1. The number of amides is 2. The quantitative estimate of drug-likeness (QED) is 0.256. The van der Waals surface area contributed by atoms with Gasteiger partial charge in [0.15, 0.2) is 0 Å². The number of likely N-dealkylation sites (N-methyl/N-ethyl adjacent to an activating group) is 1. The minimum absolute atomic E-state index is 0.0979. The molecule has 3 unspecified atom stereocenters. The van der Waals surface area contributed by atoms with Crippen LogP contribution in [0, 0.1) is 0 Å². The lowest BCUT2D eigenvalue weighted by atomic mass is 9.99. The fraction of sp³-hybridized carbons (Fsp3) is 0.400. The van der Waals surface area contributed by atoms with Crippen molar-refractivity contribution < 1.29 is 29.3 Å². The fourth-order valence-corrected chi connectivity index (χ4v) is 4.85. The number of nitrogens with zero attached hydrogens (tertiary/aromatic N) is 1. The van der Waals surface area contributed by atoms with Crippen molar-refractivity contribution in [2.24, 2.45) is 0 Å². The Morgan fingerprint density at radius 1 is 1.15 bits per heavy atom. The van der Waals surface area contributed by atoms with Crippen molar-refractivity contribution in [3.63, 3.8) is 0 Å². The Hall–Kier alpha value is -3.66. The van der Waals surface area contributed by atoms with Crippen LogP contribution in [0.5, 0.6) is 5.75 Å². The van der Waals surface area contributed by atoms with E-state index >= 15 is 0 Å². The molecule has 0 aliphatic heterocycles. The van der Waals surface area contributed by atoms with Crippen molar-refractivity contribution in [3.8, 4) is 5.75 Å². The smallest absolute Gasteiger partial charge is 0.407 e. The Balaban J connectivity index is 1.77. The molecule has 39 heavy (non-hydrogen) atoms. The monoisotopic (exact) mass is 537 g/mol. The van der Waals surface area contributed by atoms with Gasteiger partial charge in [-0.1, -0.05) is 48.6 Å². The van der Waals surface area contributed by atoms with E-state index in [2.05, 4.69) is 23.8 Å². The van der Waals surface area contributed by atoms with Gasteiger partial charge in [0.1, 0.15) is 11.8 Å². The first-order valence-corrected chi connectivity index (χ1v) is 13.0. The van der Waals surface area contributed by atoms with Crippen LogP contribution in [0.15, 0.2) is 73.8 Å². The molecular weight excluding hydrogens is 498 g/mol. The number of fused-ring (bicyclic) bond motifs is 1. The van der Waals surface area contributed by atoms with E-state index in [0.717, 1.165) is 27.3 Å². The van der Waals surface area contributed by atoms with Gasteiger partial charge in [-0.15, -0.1) is 13.2 Å². The second kappa shape index (κ2) is 14.5. The van der Waals surface area contributed by atoms with Gasteiger partial charge in [-0.25, -0.2) is 4.79 Å². The number of ether oxygens (including phenoxy) is 2. The summed E-state index contributed by atoms with van der Waals surface area (Å²) < 4.78 is 11.4. The molecular formula is C30H39N3O6. The summed E-state index contributed by atoms with van der Waals surface area (Å²) in [6.07, 6.45) is 2.10. The van der Waals surface area contributed by atoms with Gasteiger partial charge >= 0.3 is 6.09 Å². The number of aliphatic hydroxyl groups excluding tert-OH is 1. The summed E-state index contributed by atoms with van der Waals surface area (Å²) in [4.78, 5) is 25.7. The van der Waals surface area contributed by atoms with E-state index in [4.69, 9.17) is 9.47 Å². The minimum atomic E-state index is -1.22. The van der Waals surface area contributed by atoms with Crippen molar-refractivity contribution >= 4 is 12.0 Å². The average Bonchev–Trinajstić information content (AvgIpc) is 3.29. The van der Waals surface area contributed by atoms with Crippen molar-refractivity contribution in [2.75, 3.05) is 27.3 Å². The summed E-state index contributed by atoms with van der Waals surface area (Å²) in [5.74, 6) is 0.240.